The van der Waals surface area contributed by atoms with Crippen LogP contribution in [0.5, 0.6) is 0 Å². The summed E-state index contributed by atoms with van der Waals surface area (Å²) < 4.78 is 5.46. The lowest BCUT2D eigenvalue weighted by Crippen LogP contribution is -2.25. The number of pyridine rings is 1. The number of anilines is 1. The van der Waals surface area contributed by atoms with Gasteiger partial charge in [-0.1, -0.05) is 24.3 Å². The average molecular weight is 397 g/mol. The van der Waals surface area contributed by atoms with Crippen molar-refractivity contribution in [3.8, 4) is 11.5 Å². The Morgan fingerprint density at radius 3 is 2.60 bits per heavy atom. The summed E-state index contributed by atoms with van der Waals surface area (Å²) in [5.74, 6) is 0.192. The van der Waals surface area contributed by atoms with Crippen LogP contribution in [0.15, 0.2) is 77.4 Å². The monoisotopic (exact) mass is 397 g/mol. The lowest BCUT2D eigenvalue weighted by atomic mass is 10.1. The van der Waals surface area contributed by atoms with Crippen molar-refractivity contribution in [2.24, 2.45) is 0 Å². The summed E-state index contributed by atoms with van der Waals surface area (Å²) >= 11 is 0. The van der Waals surface area contributed by atoms with Crippen molar-refractivity contribution in [2.45, 2.75) is 18.9 Å². The van der Waals surface area contributed by atoms with E-state index in [9.17, 15) is 9.59 Å². The van der Waals surface area contributed by atoms with Crippen LogP contribution in [0.2, 0.25) is 0 Å². The molecule has 30 heavy (non-hydrogen) atoms. The fraction of sp³-hybridized carbons (Fsp3) is 0.125. The van der Waals surface area contributed by atoms with Crippen LogP contribution < -0.4 is 10.6 Å². The molecule has 6 nitrogen and oxygen atoms in total. The van der Waals surface area contributed by atoms with E-state index in [1.165, 1.54) is 0 Å². The number of nitrogens with one attached hydrogen (secondary N) is 2. The molecule has 0 spiro atoms. The minimum Gasteiger partial charge on any atom is -0.463 e. The summed E-state index contributed by atoms with van der Waals surface area (Å²) in [6.07, 6.45) is 3.62. The topological polar surface area (TPSA) is 84.2 Å². The van der Waals surface area contributed by atoms with Gasteiger partial charge in [-0.3, -0.25) is 9.59 Å². The number of furan rings is 1. The highest BCUT2D eigenvalue weighted by Crippen LogP contribution is 2.26. The van der Waals surface area contributed by atoms with E-state index in [1.54, 1.807) is 48.7 Å². The van der Waals surface area contributed by atoms with Gasteiger partial charge in [-0.15, -0.1) is 0 Å². The fourth-order valence-electron chi connectivity index (χ4n) is 3.35. The second-order valence-corrected chi connectivity index (χ2v) is 7.33. The molecule has 0 saturated heterocycles. The van der Waals surface area contributed by atoms with Gasteiger partial charge in [0.1, 0.15) is 5.69 Å². The third-order valence-electron chi connectivity index (χ3n) is 5.03. The molecular formula is C24H19N3O3. The molecule has 0 aliphatic heterocycles. The van der Waals surface area contributed by atoms with Crippen molar-refractivity contribution in [3.63, 3.8) is 0 Å². The van der Waals surface area contributed by atoms with E-state index >= 15 is 0 Å². The number of fused-ring (bicyclic) bond motifs is 1. The van der Waals surface area contributed by atoms with Gasteiger partial charge >= 0.3 is 0 Å². The van der Waals surface area contributed by atoms with E-state index in [2.05, 4.69) is 15.6 Å². The quantitative estimate of drug-likeness (QED) is 0.514. The van der Waals surface area contributed by atoms with Crippen LogP contribution in [-0.2, 0) is 0 Å². The lowest BCUT2D eigenvalue weighted by molar-refractivity contribution is 0.0949. The first kappa shape index (κ1) is 18.1. The van der Waals surface area contributed by atoms with Crippen molar-refractivity contribution in [1.29, 1.82) is 0 Å². The van der Waals surface area contributed by atoms with Crippen LogP contribution in [0, 0.1) is 0 Å². The molecule has 2 amide bonds. The smallest absolute Gasteiger partial charge is 0.256 e. The Balaban J connectivity index is 1.47. The van der Waals surface area contributed by atoms with Crippen molar-refractivity contribution >= 4 is 28.4 Å². The Labute approximate surface area is 172 Å². The molecule has 4 aromatic rings. The third-order valence-corrected chi connectivity index (χ3v) is 5.03. The predicted molar refractivity (Wildman–Crippen MR) is 114 cm³/mol. The number of carbonyl (C=O) groups is 2. The zero-order valence-corrected chi connectivity index (χ0v) is 16.1. The lowest BCUT2D eigenvalue weighted by Gasteiger charge is -2.11. The molecule has 1 aliphatic carbocycles. The van der Waals surface area contributed by atoms with Gasteiger partial charge in [0.15, 0.2) is 5.76 Å². The predicted octanol–water partition coefficient (Wildman–Crippen LogP) is 4.64. The molecule has 1 saturated carbocycles. The normalized spacial score (nSPS) is 13.2. The first-order valence-corrected chi connectivity index (χ1v) is 9.83. The van der Waals surface area contributed by atoms with Crippen LogP contribution in [0.4, 0.5) is 5.69 Å². The van der Waals surface area contributed by atoms with Crippen molar-refractivity contribution in [3.05, 3.63) is 84.1 Å². The minimum atomic E-state index is -0.277. The molecule has 0 radical (unpaired) electrons. The van der Waals surface area contributed by atoms with Gasteiger partial charge in [-0.25, -0.2) is 4.98 Å². The molecule has 1 aliphatic rings. The second kappa shape index (κ2) is 7.48. The van der Waals surface area contributed by atoms with E-state index in [1.807, 2.05) is 24.3 Å². The number of nitrogens with zero attached hydrogens (tertiary/aromatic N) is 1. The summed E-state index contributed by atoms with van der Waals surface area (Å²) in [5, 5.41) is 6.61. The second-order valence-electron chi connectivity index (χ2n) is 7.33. The third kappa shape index (κ3) is 3.67. The maximum Gasteiger partial charge on any atom is 0.256 e. The molecule has 2 N–H and O–H groups in total. The van der Waals surface area contributed by atoms with E-state index < -0.39 is 0 Å². The van der Waals surface area contributed by atoms with Crippen molar-refractivity contribution < 1.29 is 14.0 Å². The van der Waals surface area contributed by atoms with Gasteiger partial charge in [0.05, 0.1) is 17.3 Å². The fourth-order valence-corrected chi connectivity index (χ4v) is 3.35. The number of aromatic nitrogens is 1. The number of hydrogen-bond acceptors (Lipinski definition) is 4. The molecule has 2 aromatic heterocycles. The Morgan fingerprint density at radius 2 is 1.80 bits per heavy atom. The van der Waals surface area contributed by atoms with Crippen LogP contribution in [0.1, 0.15) is 33.6 Å². The molecule has 2 aromatic carbocycles. The van der Waals surface area contributed by atoms with Gasteiger partial charge in [0.2, 0.25) is 0 Å². The Bertz CT molecular complexity index is 1240. The van der Waals surface area contributed by atoms with Crippen molar-refractivity contribution in [1.82, 2.24) is 10.3 Å². The summed E-state index contributed by atoms with van der Waals surface area (Å²) in [6, 6.07) is 20.0. The van der Waals surface area contributed by atoms with Crippen LogP contribution in [0.25, 0.3) is 22.4 Å². The van der Waals surface area contributed by atoms with E-state index in [-0.39, 0.29) is 17.9 Å². The molecule has 0 atom stereocenters. The van der Waals surface area contributed by atoms with Gasteiger partial charge in [-0.05, 0) is 55.3 Å². The first-order chi connectivity index (χ1) is 14.7. The van der Waals surface area contributed by atoms with E-state index in [0.717, 1.165) is 18.2 Å². The summed E-state index contributed by atoms with van der Waals surface area (Å²) in [7, 11) is 0. The average Bonchev–Trinajstić information content (AvgIpc) is 3.41. The zero-order valence-electron chi connectivity index (χ0n) is 16.1. The first-order valence-electron chi connectivity index (χ1n) is 9.83. The van der Waals surface area contributed by atoms with Crippen LogP contribution in [0.3, 0.4) is 0 Å². The number of amides is 2. The Kier molecular flexibility index (Phi) is 4.52. The summed E-state index contributed by atoms with van der Waals surface area (Å²) in [5.41, 5.74) is 2.86. The van der Waals surface area contributed by atoms with Crippen molar-refractivity contribution in [2.75, 3.05) is 5.32 Å². The number of benzene rings is 2. The maximum atomic E-state index is 13.1. The molecule has 1 fully saturated rings. The van der Waals surface area contributed by atoms with Gasteiger partial charge in [0, 0.05) is 22.7 Å². The number of rotatable bonds is 5. The van der Waals surface area contributed by atoms with Gasteiger partial charge < -0.3 is 15.1 Å². The molecule has 148 valence electrons. The van der Waals surface area contributed by atoms with Gasteiger partial charge in [-0.2, -0.15) is 0 Å². The number of para-hydroxylation sites is 1. The van der Waals surface area contributed by atoms with E-state index in [4.69, 9.17) is 4.42 Å². The molecular weight excluding hydrogens is 378 g/mol. The standard InChI is InChI=1S/C24H19N3O3/c28-23(25-16-10-11-16)15-5-3-6-17(13-15)26-24(29)19-14-21(22-9-4-12-30-22)27-20-8-2-1-7-18(19)20/h1-9,12-14,16H,10-11H2,(H,25,28)(H,26,29). The Hall–Kier alpha value is -3.93. The van der Waals surface area contributed by atoms with Crippen LogP contribution >= 0.6 is 0 Å². The SMILES string of the molecule is O=C(NC1CC1)c1cccc(NC(=O)c2cc(-c3ccco3)nc3ccccc23)c1. The summed E-state index contributed by atoms with van der Waals surface area (Å²) in [4.78, 5) is 30.1. The summed E-state index contributed by atoms with van der Waals surface area (Å²) in [6.45, 7) is 0. The minimum absolute atomic E-state index is 0.122. The molecule has 5 rings (SSSR count). The van der Waals surface area contributed by atoms with E-state index in [0.29, 0.717) is 33.8 Å². The highest BCUT2D eigenvalue weighted by molar-refractivity contribution is 6.13. The maximum absolute atomic E-state index is 13.1. The molecule has 0 unspecified atom stereocenters. The van der Waals surface area contributed by atoms with Crippen LogP contribution in [-0.4, -0.2) is 22.8 Å². The molecule has 6 heteroatoms. The Morgan fingerprint density at radius 1 is 0.933 bits per heavy atom. The number of hydrogen-bond donors (Lipinski definition) is 2. The van der Waals surface area contributed by atoms with Gasteiger partial charge in [0.25, 0.3) is 11.8 Å². The number of carbonyl (C=O) groups excluding carboxylic acids is 2. The molecule has 0 bridgehead atoms. The largest absolute Gasteiger partial charge is 0.463 e. The molecule has 2 heterocycles. The highest BCUT2D eigenvalue weighted by atomic mass is 16.3. The highest BCUT2D eigenvalue weighted by Gasteiger charge is 2.24. The zero-order chi connectivity index (χ0) is 20.5.